The first-order valence-corrected chi connectivity index (χ1v) is 25.7. The number of imide groups is 1. The maximum Gasteiger partial charge on any atom is 0.319 e. The van der Waals surface area contributed by atoms with E-state index in [2.05, 4.69) is 44.2 Å². The Labute approximate surface area is 412 Å². The van der Waals surface area contributed by atoms with Gasteiger partial charge in [-0.15, -0.1) is 6.42 Å². The molecule has 6 aliphatic rings. The van der Waals surface area contributed by atoms with Crippen molar-refractivity contribution < 1.29 is 28.2 Å². The molecule has 13 nitrogen and oxygen atoms in total. The van der Waals surface area contributed by atoms with Crippen LogP contribution in [0.25, 0.3) is 43.8 Å². The summed E-state index contributed by atoms with van der Waals surface area (Å²) in [7, 11) is 1.94. The van der Waals surface area contributed by atoms with Crippen molar-refractivity contribution in [2.75, 3.05) is 57.3 Å². The zero-order chi connectivity index (χ0) is 48.8. The number of rotatable bonds is 10. The number of nitrogens with zero attached hydrogens (tertiary/aromatic N) is 8. The van der Waals surface area contributed by atoms with Gasteiger partial charge in [-0.1, -0.05) is 42.3 Å². The fraction of sp³-hybridized carbons (Fsp3) is 0.500. The summed E-state index contributed by atoms with van der Waals surface area (Å²) >= 11 is 0. The number of aryl methyl sites for hydroxylation is 1. The van der Waals surface area contributed by atoms with Crippen LogP contribution in [0.1, 0.15) is 113 Å². The number of terminal acetylenes is 1. The highest BCUT2D eigenvalue weighted by molar-refractivity contribution is 6.03. The number of aromatic nitrogens is 5. The number of hydrogen-bond acceptors (Lipinski definition) is 11. The molecule has 2 saturated carbocycles. The SMILES string of the molecule is C#Cc1c(F)ccc2cccc(-c3ncc4c(N5CCC[C@@](C)(O)C5)nc(OCC5(CN6CCC7(CC6)CC(N6CCC(c8ccc9c(C%10CCC(=O)NC%10=O)nn(C)c9c8)CC6)C7)CC5)nc4c3F)c12. The highest BCUT2D eigenvalue weighted by Gasteiger charge is 2.51. The van der Waals surface area contributed by atoms with E-state index < -0.39 is 23.2 Å². The molecule has 4 aliphatic heterocycles. The van der Waals surface area contributed by atoms with Crippen LogP contribution in [0.4, 0.5) is 14.6 Å². The molecule has 2 atom stereocenters. The molecule has 2 N–H and O–H groups in total. The molecule has 6 aromatic rings. The lowest BCUT2D eigenvalue weighted by Crippen LogP contribution is -2.56. The number of nitrogens with one attached hydrogen (secondary N) is 1. The molecule has 1 unspecified atom stereocenters. The molecule has 2 aliphatic carbocycles. The lowest BCUT2D eigenvalue weighted by Gasteiger charge is -2.56. The quantitative estimate of drug-likeness (QED) is 0.102. The van der Waals surface area contributed by atoms with Crippen molar-refractivity contribution in [3.63, 3.8) is 0 Å². The van der Waals surface area contributed by atoms with Crippen LogP contribution in [-0.2, 0) is 16.6 Å². The van der Waals surface area contributed by atoms with E-state index in [9.17, 15) is 14.7 Å². The Balaban J connectivity index is 0.681. The van der Waals surface area contributed by atoms with E-state index in [4.69, 9.17) is 26.2 Å². The highest BCUT2D eigenvalue weighted by atomic mass is 19.1. The van der Waals surface area contributed by atoms with E-state index in [-0.39, 0.29) is 40.0 Å². The number of halogens is 2. The van der Waals surface area contributed by atoms with E-state index in [1.165, 1.54) is 37.3 Å². The van der Waals surface area contributed by atoms with Gasteiger partial charge in [-0.25, -0.2) is 8.78 Å². The van der Waals surface area contributed by atoms with Gasteiger partial charge in [-0.05, 0) is 138 Å². The average Bonchev–Trinajstić information content (AvgIpc) is 4.05. The van der Waals surface area contributed by atoms with E-state index in [0.717, 1.165) is 81.4 Å². The number of benzene rings is 3. The van der Waals surface area contributed by atoms with E-state index in [0.29, 0.717) is 83.9 Å². The normalized spacial score (nSPS) is 24.1. The smallest absolute Gasteiger partial charge is 0.319 e. The monoisotopic (exact) mass is 961 g/mol. The van der Waals surface area contributed by atoms with Crippen LogP contribution in [0, 0.1) is 34.8 Å². The molecule has 0 radical (unpaired) electrons. The molecule has 12 rings (SSSR count). The minimum Gasteiger partial charge on any atom is -0.463 e. The number of carbonyl (C=O) groups excluding carboxylic acids is 2. The summed E-state index contributed by atoms with van der Waals surface area (Å²) in [6.45, 7) is 8.47. The third kappa shape index (κ3) is 8.49. The number of piperidine rings is 4. The van der Waals surface area contributed by atoms with Gasteiger partial charge in [0.2, 0.25) is 11.8 Å². The zero-order valence-electron chi connectivity index (χ0n) is 40.7. The lowest BCUT2D eigenvalue weighted by atomic mass is 9.59. The second kappa shape index (κ2) is 17.6. The van der Waals surface area contributed by atoms with Gasteiger partial charge in [0.25, 0.3) is 0 Å². The molecular weight excluding hydrogens is 901 g/mol. The Morgan fingerprint density at radius 3 is 2.49 bits per heavy atom. The number of amides is 2. The molecular formula is C56H61F2N9O4. The van der Waals surface area contributed by atoms with E-state index in [1.807, 2.05) is 29.6 Å². The first kappa shape index (κ1) is 46.0. The second-order valence-corrected chi connectivity index (χ2v) is 22.2. The Morgan fingerprint density at radius 2 is 1.75 bits per heavy atom. The molecule has 71 heavy (non-hydrogen) atoms. The van der Waals surface area contributed by atoms with Crippen LogP contribution in [0.2, 0.25) is 0 Å². The van der Waals surface area contributed by atoms with Gasteiger partial charge in [0, 0.05) is 67.1 Å². The molecule has 0 bridgehead atoms. The predicted molar refractivity (Wildman–Crippen MR) is 268 cm³/mol. The third-order valence-corrected chi connectivity index (χ3v) is 17.3. The predicted octanol–water partition coefficient (Wildman–Crippen LogP) is 8.15. The Hall–Kier alpha value is -6.08. The fourth-order valence-electron chi connectivity index (χ4n) is 13.0. The molecule has 368 valence electrons. The van der Waals surface area contributed by atoms with E-state index >= 15 is 8.78 Å². The largest absolute Gasteiger partial charge is 0.463 e. The summed E-state index contributed by atoms with van der Waals surface area (Å²) in [5.41, 5.74) is 3.08. The Bertz CT molecular complexity index is 3160. The van der Waals surface area contributed by atoms with E-state index in [1.54, 1.807) is 24.4 Å². The molecule has 2 amide bonds. The fourth-order valence-corrected chi connectivity index (χ4v) is 13.0. The summed E-state index contributed by atoms with van der Waals surface area (Å²) in [6.07, 6.45) is 18.9. The molecule has 3 aromatic heterocycles. The zero-order valence-corrected chi connectivity index (χ0v) is 40.7. The van der Waals surface area contributed by atoms with Crippen molar-refractivity contribution in [2.24, 2.45) is 17.9 Å². The number of pyridine rings is 1. The van der Waals surface area contributed by atoms with Crippen LogP contribution in [0.15, 0.2) is 54.7 Å². The number of carbonyl (C=O) groups is 2. The Kier molecular flexibility index (Phi) is 11.4. The third-order valence-electron chi connectivity index (χ3n) is 17.3. The highest BCUT2D eigenvalue weighted by Crippen LogP contribution is 2.53. The van der Waals surface area contributed by atoms with Crippen molar-refractivity contribution >= 4 is 50.2 Å². The van der Waals surface area contributed by atoms with Crippen molar-refractivity contribution in [2.45, 2.75) is 107 Å². The first-order valence-electron chi connectivity index (χ1n) is 25.7. The Morgan fingerprint density at radius 1 is 0.944 bits per heavy atom. The summed E-state index contributed by atoms with van der Waals surface area (Å²) < 4.78 is 40.5. The number of aliphatic hydroxyl groups is 1. The van der Waals surface area contributed by atoms with Gasteiger partial charge in [0.1, 0.15) is 22.8 Å². The van der Waals surface area contributed by atoms with Crippen molar-refractivity contribution in [3.8, 4) is 29.6 Å². The maximum absolute atomic E-state index is 17.1. The van der Waals surface area contributed by atoms with Gasteiger partial charge >= 0.3 is 6.01 Å². The molecule has 4 saturated heterocycles. The van der Waals surface area contributed by atoms with Crippen molar-refractivity contribution in [1.82, 2.24) is 39.8 Å². The van der Waals surface area contributed by atoms with Crippen LogP contribution < -0.4 is 15.0 Å². The molecule has 6 fully saturated rings. The molecule has 3 aromatic carbocycles. The topological polar surface area (TPSA) is 142 Å². The minimum absolute atomic E-state index is 0.0103. The van der Waals surface area contributed by atoms with Crippen LogP contribution in [0.5, 0.6) is 6.01 Å². The summed E-state index contributed by atoms with van der Waals surface area (Å²) in [5, 5.41) is 20.8. The van der Waals surface area contributed by atoms with Gasteiger partial charge < -0.3 is 24.5 Å². The van der Waals surface area contributed by atoms with Gasteiger partial charge in [-0.3, -0.25) is 24.6 Å². The number of fused-ring (bicyclic) bond motifs is 3. The number of ether oxygens (including phenoxy) is 1. The second-order valence-electron chi connectivity index (χ2n) is 22.2. The standard InChI is InChI=1S/C56H61F2N9O4/c1-4-38-43(57)13-10-35-7-5-8-40(46(35)38)49-47(58)50-42(30-59-49)51(67-22-6-17-54(2,70)31-67)62-53(61-50)71-33-56(18-19-56)32-65-25-20-55(21-26-65)28-37(29-55)66-23-15-34(16-24-66)36-9-11-39-44(27-36)64(3)63-48(39)41-12-14-45(68)60-52(41)69/h1,5,7-11,13,27,30,34,37,41,70H,6,12,14-26,28-29,31-33H2,2-3H3,(H,60,68,69)/t41?,54-/m1/s1. The van der Waals surface area contributed by atoms with Crippen molar-refractivity contribution in [3.05, 3.63) is 83.2 Å². The van der Waals surface area contributed by atoms with Crippen LogP contribution in [-0.4, -0.2) is 116 Å². The summed E-state index contributed by atoms with van der Waals surface area (Å²) in [5.74, 6) is 1.33. The van der Waals surface area contributed by atoms with Crippen molar-refractivity contribution in [1.29, 1.82) is 0 Å². The molecule has 7 heterocycles. The lowest BCUT2D eigenvalue weighted by molar-refractivity contribution is -0.134. The van der Waals surface area contributed by atoms with Gasteiger partial charge in [0.05, 0.1) is 40.3 Å². The number of likely N-dealkylation sites (tertiary alicyclic amines) is 2. The summed E-state index contributed by atoms with van der Waals surface area (Å²) in [4.78, 5) is 46.0. The number of hydrogen-bond donors (Lipinski definition) is 2. The minimum atomic E-state index is -0.946. The number of β-amino-alcohol motifs (C(OH)–C–C–N with tert-alkyl or cyclic N) is 1. The average molecular weight is 962 g/mol. The van der Waals surface area contributed by atoms with Gasteiger partial charge in [-0.2, -0.15) is 15.1 Å². The number of anilines is 1. The first-order chi connectivity index (χ1) is 34.3. The maximum atomic E-state index is 17.1. The van der Waals surface area contributed by atoms with Crippen LogP contribution in [0.3, 0.4) is 0 Å². The summed E-state index contributed by atoms with van der Waals surface area (Å²) in [6, 6.07) is 15.6. The van der Waals surface area contributed by atoms with Crippen LogP contribution >= 0.6 is 0 Å². The molecule has 1 spiro atoms. The van der Waals surface area contributed by atoms with Gasteiger partial charge in [0.15, 0.2) is 5.82 Å². The molecule has 15 heteroatoms.